The third kappa shape index (κ3) is 7.48. The largest absolute Gasteiger partial charge is 0.490 e. The van der Waals surface area contributed by atoms with Gasteiger partial charge in [0.1, 0.15) is 30.1 Å². The molecule has 8 heteroatoms. The molecule has 0 spiro atoms. The third-order valence-corrected chi connectivity index (χ3v) is 7.07. The van der Waals surface area contributed by atoms with Crippen molar-refractivity contribution in [1.82, 2.24) is 0 Å². The van der Waals surface area contributed by atoms with E-state index in [9.17, 15) is 28.9 Å². The lowest BCUT2D eigenvalue weighted by atomic mass is 9.85. The van der Waals surface area contributed by atoms with Crippen LogP contribution in [0.2, 0.25) is 0 Å². The fraction of sp³-hybridized carbons (Fsp3) is 0.654. The van der Waals surface area contributed by atoms with Gasteiger partial charge in [-0.1, -0.05) is 25.5 Å². The van der Waals surface area contributed by atoms with Crippen LogP contribution in [0.4, 0.5) is 8.78 Å². The first-order chi connectivity index (χ1) is 16.3. The zero-order valence-corrected chi connectivity index (χ0v) is 19.6. The number of aliphatic carboxylic acids is 1. The molecule has 190 valence electrons. The van der Waals surface area contributed by atoms with Gasteiger partial charge in [0, 0.05) is 37.1 Å². The quantitative estimate of drug-likeness (QED) is 0.406. The summed E-state index contributed by atoms with van der Waals surface area (Å²) in [6.07, 6.45) is 7.01. The number of hydrogen-bond acceptors (Lipinski definition) is 5. The highest BCUT2D eigenvalue weighted by Gasteiger charge is 2.43. The lowest BCUT2D eigenvalue weighted by molar-refractivity contribution is -0.142. The molecule has 1 aliphatic carbocycles. The van der Waals surface area contributed by atoms with E-state index in [0.717, 1.165) is 43.9 Å². The minimum atomic E-state index is -0.997. The molecule has 1 aromatic carbocycles. The Hall–Kier alpha value is -2.03. The Morgan fingerprint density at radius 3 is 2.65 bits per heavy atom. The molecule has 1 aliphatic heterocycles. The standard InChI is InChI=1S/C26H36F2O6/c1-2-3-17(26(31)32)6-4-16-5-8-23-22(24(30)13-25(23)34-14-16)9-7-20(29)15-33-21-11-18(27)10-19(28)12-21/h7,9-12,16-17,20,22-25,29-30H,2-6,8,13-15H2,1H3,(H,31,32)/t16-,17?,20-,22-,23-,24-,25+/m1/s1. The summed E-state index contributed by atoms with van der Waals surface area (Å²) < 4.78 is 37.9. The highest BCUT2D eigenvalue weighted by molar-refractivity contribution is 5.69. The smallest absolute Gasteiger partial charge is 0.306 e. The van der Waals surface area contributed by atoms with E-state index in [2.05, 4.69) is 0 Å². The summed E-state index contributed by atoms with van der Waals surface area (Å²) in [5.74, 6) is -2.30. The van der Waals surface area contributed by atoms with Gasteiger partial charge in [-0.3, -0.25) is 4.79 Å². The van der Waals surface area contributed by atoms with Crippen LogP contribution in [0.1, 0.15) is 51.9 Å². The second-order valence-corrected chi connectivity index (χ2v) is 9.63. The summed E-state index contributed by atoms with van der Waals surface area (Å²) in [4.78, 5) is 11.4. The first kappa shape index (κ1) is 26.6. The molecule has 1 aromatic rings. The van der Waals surface area contributed by atoms with E-state index in [1.54, 1.807) is 12.2 Å². The van der Waals surface area contributed by atoms with Crippen molar-refractivity contribution < 1.29 is 38.4 Å². The minimum Gasteiger partial charge on any atom is -0.490 e. The highest BCUT2D eigenvalue weighted by atomic mass is 19.1. The first-order valence-electron chi connectivity index (χ1n) is 12.2. The number of carboxylic acid groups (broad SMARTS) is 1. The van der Waals surface area contributed by atoms with Crippen LogP contribution in [0.3, 0.4) is 0 Å². The molecule has 0 amide bonds. The molecule has 6 nitrogen and oxygen atoms in total. The Labute approximate surface area is 199 Å². The van der Waals surface area contributed by atoms with Crippen LogP contribution in [0.25, 0.3) is 0 Å². The number of carbonyl (C=O) groups is 1. The third-order valence-electron chi connectivity index (χ3n) is 7.07. The van der Waals surface area contributed by atoms with E-state index in [-0.39, 0.29) is 36.2 Å². The van der Waals surface area contributed by atoms with Gasteiger partial charge in [-0.05, 0) is 43.9 Å². The fourth-order valence-electron chi connectivity index (χ4n) is 5.23. The van der Waals surface area contributed by atoms with Crippen LogP contribution in [0, 0.1) is 35.3 Å². The Morgan fingerprint density at radius 2 is 1.97 bits per heavy atom. The van der Waals surface area contributed by atoms with Crippen molar-refractivity contribution in [1.29, 1.82) is 0 Å². The van der Waals surface area contributed by atoms with Crippen LogP contribution in [-0.4, -0.2) is 52.8 Å². The average Bonchev–Trinajstić information content (AvgIpc) is 2.94. The van der Waals surface area contributed by atoms with Gasteiger partial charge in [0.2, 0.25) is 0 Å². The molecule has 0 radical (unpaired) electrons. The Bertz CT molecular complexity index is 811. The number of ether oxygens (including phenoxy) is 2. The molecule has 2 fully saturated rings. The molecular weight excluding hydrogens is 446 g/mol. The number of benzene rings is 1. The number of carboxylic acids is 1. The molecule has 3 rings (SSSR count). The van der Waals surface area contributed by atoms with Gasteiger partial charge in [0.25, 0.3) is 0 Å². The van der Waals surface area contributed by atoms with Gasteiger partial charge in [-0.25, -0.2) is 8.78 Å². The maximum Gasteiger partial charge on any atom is 0.306 e. The Kier molecular flexibility index (Phi) is 9.85. The summed E-state index contributed by atoms with van der Waals surface area (Å²) in [5, 5.41) is 30.2. The van der Waals surface area contributed by atoms with Crippen LogP contribution in [0.5, 0.6) is 5.75 Å². The van der Waals surface area contributed by atoms with E-state index in [0.29, 0.717) is 31.8 Å². The minimum absolute atomic E-state index is 0.00167. The zero-order valence-electron chi connectivity index (χ0n) is 19.6. The van der Waals surface area contributed by atoms with Crippen molar-refractivity contribution in [3.8, 4) is 5.75 Å². The lowest BCUT2D eigenvalue weighted by Crippen LogP contribution is -2.22. The number of halogens is 2. The Balaban J connectivity index is 1.51. The second kappa shape index (κ2) is 12.6. The molecule has 1 heterocycles. The number of aliphatic hydroxyl groups excluding tert-OH is 2. The van der Waals surface area contributed by atoms with E-state index >= 15 is 0 Å². The lowest BCUT2D eigenvalue weighted by Gasteiger charge is -2.21. The molecule has 1 unspecified atom stereocenters. The van der Waals surface area contributed by atoms with Gasteiger partial charge >= 0.3 is 5.97 Å². The molecule has 0 bridgehead atoms. The highest BCUT2D eigenvalue weighted by Crippen LogP contribution is 2.42. The number of hydrogen-bond donors (Lipinski definition) is 3. The topological polar surface area (TPSA) is 96.2 Å². The Morgan fingerprint density at radius 1 is 1.24 bits per heavy atom. The van der Waals surface area contributed by atoms with E-state index in [1.165, 1.54) is 0 Å². The maximum atomic E-state index is 13.3. The van der Waals surface area contributed by atoms with Gasteiger partial charge < -0.3 is 24.8 Å². The van der Waals surface area contributed by atoms with Gasteiger partial charge in [-0.2, -0.15) is 0 Å². The molecular formula is C26H36F2O6. The van der Waals surface area contributed by atoms with Crippen molar-refractivity contribution in [3.05, 3.63) is 42.0 Å². The fourth-order valence-corrected chi connectivity index (χ4v) is 5.23. The molecule has 34 heavy (non-hydrogen) atoms. The summed E-state index contributed by atoms with van der Waals surface area (Å²) in [5.41, 5.74) is 0. The molecule has 2 aliphatic rings. The van der Waals surface area contributed by atoms with Crippen LogP contribution in [0.15, 0.2) is 30.4 Å². The van der Waals surface area contributed by atoms with Gasteiger partial charge in [0.15, 0.2) is 0 Å². The SMILES string of the molecule is CCCC(CC[C@@H]1CC[C@@H]2[C@@H](C=C[C@@H](O)COc3cc(F)cc(F)c3)[C@H](O)C[C@@H]2OC1)C(=O)O. The molecule has 7 atom stereocenters. The maximum absolute atomic E-state index is 13.3. The van der Waals surface area contributed by atoms with Crippen molar-refractivity contribution in [2.75, 3.05) is 13.2 Å². The van der Waals surface area contributed by atoms with E-state index < -0.39 is 29.8 Å². The predicted octanol–water partition coefficient (Wildman–Crippen LogP) is 4.33. The van der Waals surface area contributed by atoms with Crippen molar-refractivity contribution in [2.45, 2.75) is 70.2 Å². The molecule has 0 aromatic heterocycles. The molecule has 1 saturated carbocycles. The first-order valence-corrected chi connectivity index (χ1v) is 12.2. The van der Waals surface area contributed by atoms with Gasteiger partial charge in [-0.15, -0.1) is 0 Å². The van der Waals surface area contributed by atoms with E-state index in [4.69, 9.17) is 9.47 Å². The van der Waals surface area contributed by atoms with Crippen LogP contribution < -0.4 is 4.74 Å². The van der Waals surface area contributed by atoms with E-state index in [1.807, 2.05) is 6.92 Å². The number of aliphatic hydroxyl groups is 2. The van der Waals surface area contributed by atoms with Gasteiger partial charge in [0.05, 0.1) is 18.1 Å². The summed E-state index contributed by atoms with van der Waals surface area (Å²) in [6.45, 7) is 2.40. The second-order valence-electron chi connectivity index (χ2n) is 9.63. The summed E-state index contributed by atoms with van der Waals surface area (Å²) in [6, 6.07) is 2.84. The summed E-state index contributed by atoms with van der Waals surface area (Å²) in [7, 11) is 0. The predicted molar refractivity (Wildman–Crippen MR) is 122 cm³/mol. The monoisotopic (exact) mass is 482 g/mol. The number of fused-ring (bicyclic) bond motifs is 1. The van der Waals surface area contributed by atoms with Crippen LogP contribution >= 0.6 is 0 Å². The van der Waals surface area contributed by atoms with Crippen LogP contribution in [-0.2, 0) is 9.53 Å². The molecule has 1 saturated heterocycles. The number of rotatable bonds is 11. The zero-order chi connectivity index (χ0) is 24.7. The average molecular weight is 483 g/mol. The normalized spacial score (nSPS) is 28.9. The van der Waals surface area contributed by atoms with Crippen molar-refractivity contribution >= 4 is 5.97 Å². The molecule has 3 N–H and O–H groups in total. The summed E-state index contributed by atoms with van der Waals surface area (Å²) >= 11 is 0. The van der Waals surface area contributed by atoms with Crippen molar-refractivity contribution in [3.63, 3.8) is 0 Å². The van der Waals surface area contributed by atoms with Crippen molar-refractivity contribution in [2.24, 2.45) is 23.7 Å².